The second-order valence-electron chi connectivity index (χ2n) is 5.42. The lowest BCUT2D eigenvalue weighted by molar-refractivity contribution is 0.126. The Labute approximate surface area is 136 Å². The molecule has 2 aromatic rings. The Morgan fingerprint density at radius 1 is 0.905 bits per heavy atom. The van der Waals surface area contributed by atoms with Gasteiger partial charge < -0.3 is 9.15 Å². The first-order valence-corrected chi connectivity index (χ1v) is 9.13. The average Bonchev–Trinajstić information content (AvgIpc) is 2.92. The van der Waals surface area contributed by atoms with Gasteiger partial charge in [0, 0.05) is 30.4 Å². The molecule has 0 bridgehead atoms. The number of unbranched alkanes of at least 4 members (excludes halogenated alkanes) is 4. The summed E-state index contributed by atoms with van der Waals surface area (Å²) in [6.45, 7) is 1.78. The minimum atomic E-state index is 0.874. The molecule has 116 valence electrons. The molecule has 0 radical (unpaired) electrons. The molecular formula is C18H25BrO2. The van der Waals surface area contributed by atoms with E-state index in [1.165, 1.54) is 31.1 Å². The number of rotatable bonds is 11. The fourth-order valence-electron chi connectivity index (χ4n) is 2.42. The van der Waals surface area contributed by atoms with Gasteiger partial charge in [-0.25, -0.2) is 0 Å². The highest BCUT2D eigenvalue weighted by atomic mass is 79.9. The first-order valence-electron chi connectivity index (χ1n) is 8.01. The van der Waals surface area contributed by atoms with Crippen molar-refractivity contribution in [2.24, 2.45) is 0 Å². The predicted octanol–water partition coefficient (Wildman–Crippen LogP) is 5.73. The van der Waals surface area contributed by atoms with Gasteiger partial charge in [0.05, 0.1) is 0 Å². The maximum atomic E-state index is 5.81. The lowest BCUT2D eigenvalue weighted by Crippen LogP contribution is -1.98. The zero-order valence-electron chi connectivity index (χ0n) is 12.7. The number of hydrogen-bond donors (Lipinski definition) is 0. The van der Waals surface area contributed by atoms with Gasteiger partial charge in [-0.3, -0.25) is 0 Å². The van der Waals surface area contributed by atoms with Gasteiger partial charge >= 0.3 is 0 Å². The van der Waals surface area contributed by atoms with E-state index >= 15 is 0 Å². The summed E-state index contributed by atoms with van der Waals surface area (Å²) in [6.07, 6.45) is 8.30. The molecule has 1 aromatic heterocycles. The summed E-state index contributed by atoms with van der Waals surface area (Å²) in [7, 11) is 0. The van der Waals surface area contributed by atoms with Crippen molar-refractivity contribution >= 4 is 26.9 Å². The van der Waals surface area contributed by atoms with E-state index in [-0.39, 0.29) is 0 Å². The summed E-state index contributed by atoms with van der Waals surface area (Å²) in [5, 5.41) is 2.32. The summed E-state index contributed by atoms with van der Waals surface area (Å²) >= 11 is 3.45. The highest BCUT2D eigenvalue weighted by Gasteiger charge is 2.02. The maximum absolute atomic E-state index is 5.81. The molecule has 0 amide bonds. The maximum Gasteiger partial charge on any atom is 0.134 e. The molecule has 0 aliphatic heterocycles. The van der Waals surface area contributed by atoms with Gasteiger partial charge in [0.1, 0.15) is 11.3 Å². The molecule has 0 unspecified atom stereocenters. The van der Waals surface area contributed by atoms with Crippen LogP contribution >= 0.6 is 15.9 Å². The van der Waals surface area contributed by atoms with Gasteiger partial charge in [-0.2, -0.15) is 0 Å². The summed E-state index contributed by atoms with van der Waals surface area (Å²) in [4.78, 5) is 0. The predicted molar refractivity (Wildman–Crippen MR) is 92.2 cm³/mol. The van der Waals surface area contributed by atoms with E-state index in [9.17, 15) is 0 Å². The Kier molecular flexibility index (Phi) is 7.90. The fourth-order valence-corrected chi connectivity index (χ4v) is 2.81. The van der Waals surface area contributed by atoms with Crippen LogP contribution in [0.25, 0.3) is 11.0 Å². The Bertz CT molecular complexity index is 474. The van der Waals surface area contributed by atoms with Gasteiger partial charge in [0.2, 0.25) is 0 Å². The molecule has 0 saturated heterocycles. The van der Waals surface area contributed by atoms with Crippen LogP contribution in [0.2, 0.25) is 0 Å². The first-order chi connectivity index (χ1) is 10.4. The smallest absolute Gasteiger partial charge is 0.134 e. The first kappa shape index (κ1) is 16.6. The van der Waals surface area contributed by atoms with Crippen molar-refractivity contribution in [1.82, 2.24) is 0 Å². The van der Waals surface area contributed by atoms with Crippen LogP contribution < -0.4 is 0 Å². The van der Waals surface area contributed by atoms with Crippen molar-refractivity contribution in [3.63, 3.8) is 0 Å². The molecule has 0 aliphatic carbocycles. The van der Waals surface area contributed by atoms with Crippen LogP contribution in [0.15, 0.2) is 34.7 Å². The topological polar surface area (TPSA) is 22.4 Å². The van der Waals surface area contributed by atoms with E-state index in [1.807, 2.05) is 18.2 Å². The van der Waals surface area contributed by atoms with E-state index < -0.39 is 0 Å². The van der Waals surface area contributed by atoms with Gasteiger partial charge in [-0.1, -0.05) is 47.0 Å². The Morgan fingerprint density at radius 3 is 2.48 bits per heavy atom. The Morgan fingerprint density at radius 2 is 1.67 bits per heavy atom. The molecule has 21 heavy (non-hydrogen) atoms. The molecule has 0 fully saturated rings. The lowest BCUT2D eigenvalue weighted by Gasteiger charge is -2.03. The largest absolute Gasteiger partial charge is 0.461 e. The van der Waals surface area contributed by atoms with Gasteiger partial charge in [-0.15, -0.1) is 0 Å². The molecule has 0 N–H and O–H groups in total. The molecule has 2 rings (SSSR count). The van der Waals surface area contributed by atoms with E-state index in [0.717, 1.165) is 49.1 Å². The van der Waals surface area contributed by atoms with Crippen molar-refractivity contribution in [3.05, 3.63) is 36.1 Å². The number of benzene rings is 1. The third-order valence-corrected chi connectivity index (χ3v) is 4.17. The molecule has 0 saturated carbocycles. The van der Waals surface area contributed by atoms with Gasteiger partial charge in [0.25, 0.3) is 0 Å². The number of fused-ring (bicyclic) bond motifs is 1. The van der Waals surface area contributed by atoms with Crippen LogP contribution in [0.4, 0.5) is 0 Å². The summed E-state index contributed by atoms with van der Waals surface area (Å²) in [5.41, 5.74) is 0.993. The zero-order chi connectivity index (χ0) is 14.8. The monoisotopic (exact) mass is 352 g/mol. The fraction of sp³-hybridized carbons (Fsp3) is 0.556. The van der Waals surface area contributed by atoms with Crippen molar-refractivity contribution in [2.75, 3.05) is 18.5 Å². The van der Waals surface area contributed by atoms with Crippen LogP contribution in [-0.4, -0.2) is 18.5 Å². The quantitative estimate of drug-likeness (QED) is 0.380. The van der Waals surface area contributed by atoms with Crippen molar-refractivity contribution in [1.29, 1.82) is 0 Å². The number of ether oxygens (including phenoxy) is 1. The number of aryl methyl sites for hydroxylation is 1. The molecule has 0 aliphatic rings. The number of hydrogen-bond acceptors (Lipinski definition) is 2. The molecule has 2 nitrogen and oxygen atoms in total. The number of para-hydroxylation sites is 1. The van der Waals surface area contributed by atoms with Crippen LogP contribution in [0.3, 0.4) is 0 Å². The lowest BCUT2D eigenvalue weighted by atomic mass is 10.2. The highest BCUT2D eigenvalue weighted by molar-refractivity contribution is 9.09. The Hall–Kier alpha value is -0.800. The molecule has 0 atom stereocenters. The molecule has 1 heterocycles. The van der Waals surface area contributed by atoms with E-state index in [0.29, 0.717) is 0 Å². The summed E-state index contributed by atoms with van der Waals surface area (Å²) in [6, 6.07) is 10.3. The van der Waals surface area contributed by atoms with Gasteiger partial charge in [-0.05, 0) is 37.8 Å². The molecule has 0 spiro atoms. The minimum absolute atomic E-state index is 0.874. The van der Waals surface area contributed by atoms with Crippen LogP contribution in [0.1, 0.15) is 44.3 Å². The van der Waals surface area contributed by atoms with Crippen molar-refractivity contribution in [2.45, 2.75) is 44.9 Å². The van der Waals surface area contributed by atoms with E-state index in [4.69, 9.17) is 9.15 Å². The van der Waals surface area contributed by atoms with Crippen molar-refractivity contribution in [3.8, 4) is 0 Å². The molecular weight excluding hydrogens is 328 g/mol. The zero-order valence-corrected chi connectivity index (χ0v) is 14.2. The van der Waals surface area contributed by atoms with Crippen LogP contribution in [0.5, 0.6) is 0 Å². The van der Waals surface area contributed by atoms with Crippen molar-refractivity contribution < 1.29 is 9.15 Å². The summed E-state index contributed by atoms with van der Waals surface area (Å²) in [5.74, 6) is 1.09. The average molecular weight is 353 g/mol. The second-order valence-corrected chi connectivity index (χ2v) is 6.22. The number of furan rings is 1. The minimum Gasteiger partial charge on any atom is -0.461 e. The van der Waals surface area contributed by atoms with Crippen LogP contribution in [0, 0.1) is 0 Å². The van der Waals surface area contributed by atoms with Gasteiger partial charge in [0.15, 0.2) is 0 Å². The highest BCUT2D eigenvalue weighted by Crippen LogP contribution is 2.20. The third kappa shape index (κ3) is 6.23. The molecule has 1 aromatic carbocycles. The number of alkyl halides is 1. The standard InChI is InChI=1S/C18H25BrO2/c19-12-6-1-2-7-13-20-14-8-5-10-17-15-16-9-3-4-11-18(16)21-17/h3-4,9,11,15H,1-2,5-8,10,12-14H2. The van der Waals surface area contributed by atoms with E-state index in [2.05, 4.69) is 28.1 Å². The normalized spacial score (nSPS) is 11.3. The number of halogens is 1. The summed E-state index contributed by atoms with van der Waals surface area (Å²) < 4.78 is 11.5. The second kappa shape index (κ2) is 10.0. The molecule has 3 heteroatoms. The third-order valence-electron chi connectivity index (χ3n) is 3.61. The Balaban J connectivity index is 1.50. The SMILES string of the molecule is BrCCCCCCOCCCCc1cc2ccccc2o1. The van der Waals surface area contributed by atoms with E-state index in [1.54, 1.807) is 0 Å². The van der Waals surface area contributed by atoms with Crippen LogP contribution in [-0.2, 0) is 11.2 Å².